The molecular weight excluding hydrogens is 889 g/mol. The minimum Gasteiger partial charge on any atom is -0.462 e. The van der Waals surface area contributed by atoms with Crippen molar-refractivity contribution < 1.29 is 28.6 Å². The maximum Gasteiger partial charge on any atom is 0.306 e. The molecule has 0 rings (SSSR count). The Morgan fingerprint density at radius 3 is 0.903 bits per heavy atom. The monoisotopic (exact) mass is 1000 g/mol. The van der Waals surface area contributed by atoms with Crippen LogP contribution in [0.3, 0.4) is 0 Å². The van der Waals surface area contributed by atoms with Crippen LogP contribution in [0.25, 0.3) is 0 Å². The van der Waals surface area contributed by atoms with E-state index in [0.717, 1.165) is 109 Å². The predicted molar refractivity (Wildman–Crippen MR) is 311 cm³/mol. The molecule has 1 unspecified atom stereocenters. The molecule has 0 spiro atoms. The van der Waals surface area contributed by atoms with E-state index >= 15 is 0 Å². The van der Waals surface area contributed by atoms with Gasteiger partial charge in [0.2, 0.25) is 0 Å². The van der Waals surface area contributed by atoms with Crippen LogP contribution in [0.15, 0.2) is 85.1 Å². The molecule has 0 heterocycles. The van der Waals surface area contributed by atoms with Crippen LogP contribution in [0.1, 0.15) is 297 Å². The van der Waals surface area contributed by atoms with Crippen molar-refractivity contribution >= 4 is 17.9 Å². The Hall–Kier alpha value is -3.41. The van der Waals surface area contributed by atoms with Gasteiger partial charge in [-0.25, -0.2) is 0 Å². The highest BCUT2D eigenvalue weighted by Crippen LogP contribution is 2.16. The zero-order valence-corrected chi connectivity index (χ0v) is 47.4. The van der Waals surface area contributed by atoms with E-state index in [-0.39, 0.29) is 31.1 Å². The normalized spacial score (nSPS) is 12.7. The van der Waals surface area contributed by atoms with Crippen LogP contribution < -0.4 is 0 Å². The maximum absolute atomic E-state index is 12.9. The largest absolute Gasteiger partial charge is 0.462 e. The summed E-state index contributed by atoms with van der Waals surface area (Å²) in [7, 11) is 0. The molecule has 0 aromatic carbocycles. The highest BCUT2D eigenvalue weighted by molar-refractivity contribution is 5.71. The third-order valence-corrected chi connectivity index (χ3v) is 13.1. The van der Waals surface area contributed by atoms with Crippen molar-refractivity contribution in [1.29, 1.82) is 0 Å². The first-order valence-electron chi connectivity index (χ1n) is 30.6. The summed E-state index contributed by atoms with van der Waals surface area (Å²) in [6.45, 7) is 6.50. The van der Waals surface area contributed by atoms with Gasteiger partial charge in [0.25, 0.3) is 0 Å². The molecule has 0 bridgehead atoms. The number of unbranched alkanes of at least 4 members (excludes halogenated alkanes) is 30. The summed E-state index contributed by atoms with van der Waals surface area (Å²) in [6.07, 6.45) is 78.7. The molecule has 6 heteroatoms. The Labute approximate surface area is 445 Å². The molecule has 6 nitrogen and oxygen atoms in total. The van der Waals surface area contributed by atoms with Gasteiger partial charge >= 0.3 is 17.9 Å². The molecule has 0 amide bonds. The van der Waals surface area contributed by atoms with Crippen molar-refractivity contribution in [3.63, 3.8) is 0 Å². The van der Waals surface area contributed by atoms with E-state index < -0.39 is 6.10 Å². The smallest absolute Gasteiger partial charge is 0.306 e. The summed E-state index contributed by atoms with van der Waals surface area (Å²) >= 11 is 0. The number of hydrogen-bond donors (Lipinski definition) is 0. The number of carbonyl (C=O) groups excluding carboxylic acids is 3. The fraction of sp³-hybridized carbons (Fsp3) is 0.742. The molecule has 414 valence electrons. The van der Waals surface area contributed by atoms with Crippen LogP contribution in [0.2, 0.25) is 0 Å². The van der Waals surface area contributed by atoms with Crippen LogP contribution in [-0.4, -0.2) is 37.2 Å². The van der Waals surface area contributed by atoms with Gasteiger partial charge in [-0.2, -0.15) is 0 Å². The molecule has 0 aliphatic heterocycles. The lowest BCUT2D eigenvalue weighted by molar-refractivity contribution is -0.167. The number of rotatable bonds is 55. The van der Waals surface area contributed by atoms with E-state index in [0.29, 0.717) is 19.3 Å². The number of hydrogen-bond acceptors (Lipinski definition) is 6. The maximum atomic E-state index is 12.9. The Kier molecular flexibility index (Phi) is 57.3. The second kappa shape index (κ2) is 60.1. The van der Waals surface area contributed by atoms with Gasteiger partial charge in [-0.3, -0.25) is 14.4 Å². The lowest BCUT2D eigenvalue weighted by Crippen LogP contribution is -2.30. The molecular formula is C66H114O6. The predicted octanol–water partition coefficient (Wildman–Crippen LogP) is 20.7. The quantitative estimate of drug-likeness (QED) is 0.0261. The van der Waals surface area contributed by atoms with Crippen molar-refractivity contribution in [2.45, 2.75) is 303 Å². The van der Waals surface area contributed by atoms with E-state index in [1.165, 1.54) is 148 Å². The topological polar surface area (TPSA) is 78.9 Å². The number of allylic oxidation sites excluding steroid dienone is 14. The lowest BCUT2D eigenvalue weighted by atomic mass is 10.0. The summed E-state index contributed by atoms with van der Waals surface area (Å²) in [4.78, 5) is 38.2. The Bertz CT molecular complexity index is 1380. The molecule has 0 radical (unpaired) electrons. The molecule has 0 N–H and O–H groups in total. The standard InChI is InChI=1S/C66H114O6/c1-4-7-10-13-16-19-22-24-26-28-29-30-31-32-33-34-35-36-37-38-40-41-44-47-50-53-56-59-65(68)71-62-63(61-70-64(67)58-55-52-49-46-43-21-18-15-12-9-6-3)72-66(69)60-57-54-51-48-45-42-39-27-25-23-20-17-14-11-8-5-2/h7,10,15-16,18-19,24,26,29-30,32-33,35-36,63H,4-6,8-9,11-14,17,20-23,25,27-28,31,34,37-62H2,1-3H3/b10-7-,18-15-,19-16-,26-24-,30-29-,33-32-,36-35-. The Morgan fingerprint density at radius 2 is 0.556 bits per heavy atom. The van der Waals surface area contributed by atoms with E-state index in [2.05, 4.69) is 106 Å². The minimum absolute atomic E-state index is 0.0808. The average molecular weight is 1000 g/mol. The molecule has 1 atom stereocenters. The molecule has 0 saturated carbocycles. The van der Waals surface area contributed by atoms with E-state index in [4.69, 9.17) is 14.2 Å². The Balaban J connectivity index is 4.27. The summed E-state index contributed by atoms with van der Waals surface area (Å²) < 4.78 is 16.9. The molecule has 0 aromatic rings. The first kappa shape index (κ1) is 68.6. The molecule has 72 heavy (non-hydrogen) atoms. The number of esters is 3. The van der Waals surface area contributed by atoms with Gasteiger partial charge < -0.3 is 14.2 Å². The van der Waals surface area contributed by atoms with Gasteiger partial charge in [-0.1, -0.05) is 273 Å². The Morgan fingerprint density at radius 1 is 0.292 bits per heavy atom. The van der Waals surface area contributed by atoms with Crippen molar-refractivity contribution in [2.75, 3.05) is 13.2 Å². The average Bonchev–Trinajstić information content (AvgIpc) is 3.38. The van der Waals surface area contributed by atoms with E-state index in [9.17, 15) is 14.4 Å². The first-order chi connectivity index (χ1) is 35.5. The fourth-order valence-corrected chi connectivity index (χ4v) is 8.55. The van der Waals surface area contributed by atoms with Gasteiger partial charge in [0, 0.05) is 19.3 Å². The van der Waals surface area contributed by atoms with Gasteiger partial charge in [-0.05, 0) is 89.9 Å². The third-order valence-electron chi connectivity index (χ3n) is 13.1. The van der Waals surface area contributed by atoms with Crippen molar-refractivity contribution in [3.05, 3.63) is 85.1 Å². The van der Waals surface area contributed by atoms with Gasteiger partial charge in [-0.15, -0.1) is 0 Å². The summed E-state index contributed by atoms with van der Waals surface area (Å²) in [5, 5.41) is 0. The third kappa shape index (κ3) is 57.5. The van der Waals surface area contributed by atoms with Crippen molar-refractivity contribution in [2.24, 2.45) is 0 Å². The highest BCUT2D eigenvalue weighted by Gasteiger charge is 2.19. The van der Waals surface area contributed by atoms with Crippen LogP contribution in [0.4, 0.5) is 0 Å². The first-order valence-corrected chi connectivity index (χ1v) is 30.6. The fourth-order valence-electron chi connectivity index (χ4n) is 8.55. The molecule has 0 aliphatic rings. The van der Waals surface area contributed by atoms with E-state index in [1.807, 2.05) is 0 Å². The SMILES string of the molecule is CC/C=C\C/C=C\C/C=C\C/C=C\C/C=C\C/C=C\CCCCCCCCCCC(=O)OCC(COC(=O)CCCCCCC/C=C\CCCC)OC(=O)CCCCCCCCCCCCCCCCCC. The molecule has 0 saturated heterocycles. The minimum atomic E-state index is -0.781. The second-order valence-electron chi connectivity index (χ2n) is 20.2. The zero-order valence-electron chi connectivity index (χ0n) is 47.4. The lowest BCUT2D eigenvalue weighted by Gasteiger charge is -2.18. The molecule has 0 aliphatic carbocycles. The van der Waals surface area contributed by atoms with Crippen LogP contribution >= 0.6 is 0 Å². The summed E-state index contributed by atoms with van der Waals surface area (Å²) in [6, 6.07) is 0. The molecule has 0 fully saturated rings. The molecule has 0 aromatic heterocycles. The zero-order chi connectivity index (χ0) is 52.2. The second-order valence-corrected chi connectivity index (χ2v) is 20.2. The van der Waals surface area contributed by atoms with Crippen LogP contribution in [-0.2, 0) is 28.6 Å². The van der Waals surface area contributed by atoms with Gasteiger partial charge in [0.05, 0.1) is 0 Å². The number of carbonyl (C=O) groups is 3. The van der Waals surface area contributed by atoms with Crippen molar-refractivity contribution in [1.82, 2.24) is 0 Å². The van der Waals surface area contributed by atoms with Gasteiger partial charge in [0.1, 0.15) is 13.2 Å². The van der Waals surface area contributed by atoms with Crippen molar-refractivity contribution in [3.8, 4) is 0 Å². The summed E-state index contributed by atoms with van der Waals surface area (Å²) in [5.41, 5.74) is 0. The van der Waals surface area contributed by atoms with Crippen LogP contribution in [0, 0.1) is 0 Å². The van der Waals surface area contributed by atoms with E-state index in [1.54, 1.807) is 0 Å². The number of ether oxygens (including phenoxy) is 3. The summed E-state index contributed by atoms with van der Waals surface area (Å²) in [5.74, 6) is -0.888. The van der Waals surface area contributed by atoms with Crippen LogP contribution in [0.5, 0.6) is 0 Å². The highest BCUT2D eigenvalue weighted by atomic mass is 16.6. The van der Waals surface area contributed by atoms with Gasteiger partial charge in [0.15, 0.2) is 6.10 Å².